The first-order chi connectivity index (χ1) is 21.8. The van der Waals surface area contributed by atoms with Gasteiger partial charge in [0.15, 0.2) is 15.6 Å². The number of rotatable bonds is 21. The van der Waals surface area contributed by atoms with E-state index < -0.39 is 98.8 Å². The number of nitrogens with one attached hydrogen (secondary N) is 2. The molecule has 0 fully saturated rings. The van der Waals surface area contributed by atoms with Crippen LogP contribution in [0.1, 0.15) is 71.8 Å². The highest BCUT2D eigenvalue weighted by Crippen LogP contribution is 2.24. The number of sulfone groups is 1. The largest absolute Gasteiger partial charge is 0.481 e. The second kappa shape index (κ2) is 19.8. The van der Waals surface area contributed by atoms with Crippen molar-refractivity contribution in [3.05, 3.63) is 46.3 Å². The van der Waals surface area contributed by atoms with Gasteiger partial charge in [-0.25, -0.2) is 8.42 Å². The summed E-state index contributed by atoms with van der Waals surface area (Å²) in [7, 11) is -3.89. The lowest BCUT2D eigenvalue weighted by molar-refractivity contribution is -0.149. The summed E-state index contributed by atoms with van der Waals surface area (Å²) in [6.45, 7) is 6.88. The minimum atomic E-state index is -3.89. The van der Waals surface area contributed by atoms with Crippen LogP contribution in [-0.2, 0) is 49.9 Å². The van der Waals surface area contributed by atoms with E-state index in [0.29, 0.717) is 6.42 Å². The zero-order chi connectivity index (χ0) is 35.9. The number of carbonyl (C=O) groups excluding carboxylic acids is 4. The molecule has 1 aromatic rings. The number of halogens is 1. The van der Waals surface area contributed by atoms with Crippen molar-refractivity contribution in [1.29, 1.82) is 0 Å². The number of ketones is 1. The van der Waals surface area contributed by atoms with E-state index in [0.717, 1.165) is 17.9 Å². The Morgan fingerprint density at radius 2 is 1.49 bits per heavy atom. The summed E-state index contributed by atoms with van der Waals surface area (Å²) < 4.78 is 28.2. The van der Waals surface area contributed by atoms with E-state index in [1.54, 1.807) is 52.0 Å². The summed E-state index contributed by atoms with van der Waals surface area (Å²) in [6.07, 6.45) is -0.0603. The van der Waals surface area contributed by atoms with E-state index in [1.807, 2.05) is 6.07 Å². The number of amides is 2. The van der Waals surface area contributed by atoms with Crippen LogP contribution in [0.5, 0.6) is 0 Å². The molecular formula is C32H45ClN2O11S. The predicted molar refractivity (Wildman–Crippen MR) is 174 cm³/mol. The second-order valence-corrected chi connectivity index (χ2v) is 14.4. The molecular weight excluding hydrogens is 656 g/mol. The lowest BCUT2D eigenvalue weighted by Gasteiger charge is -2.27. The van der Waals surface area contributed by atoms with Crippen LogP contribution < -0.4 is 10.6 Å². The molecule has 5 atom stereocenters. The molecule has 1 aromatic carbocycles. The predicted octanol–water partition coefficient (Wildman–Crippen LogP) is 3.45. The molecule has 0 saturated heterocycles. The molecule has 262 valence electrons. The third-order valence-electron chi connectivity index (χ3n) is 7.62. The molecule has 15 heteroatoms. The first-order valence-corrected chi connectivity index (χ1v) is 17.5. The summed E-state index contributed by atoms with van der Waals surface area (Å²) in [5.74, 6) is -8.00. The molecule has 0 saturated carbocycles. The Labute approximate surface area is 280 Å². The molecule has 0 aromatic heterocycles. The Balaban J connectivity index is 3.18. The van der Waals surface area contributed by atoms with Crippen molar-refractivity contribution >= 4 is 56.9 Å². The number of Topliss-reactive ketones (excluding diaryl/α,β-unsaturated/α-hetero) is 1. The summed E-state index contributed by atoms with van der Waals surface area (Å²) in [5, 5.41) is 23.6. The molecule has 0 aliphatic heterocycles. The van der Waals surface area contributed by atoms with E-state index >= 15 is 0 Å². The van der Waals surface area contributed by atoms with Crippen LogP contribution in [0.2, 0.25) is 0 Å². The maximum Gasteiger partial charge on any atom is 0.306 e. The fourth-order valence-corrected chi connectivity index (χ4v) is 5.14. The number of aliphatic carboxylic acids is 2. The van der Waals surface area contributed by atoms with Gasteiger partial charge in [-0.3, -0.25) is 28.8 Å². The maximum absolute atomic E-state index is 13.6. The van der Waals surface area contributed by atoms with Crippen LogP contribution in [0.15, 0.2) is 40.8 Å². The summed E-state index contributed by atoms with van der Waals surface area (Å²) in [4.78, 5) is 75.7. The normalized spacial score (nSPS) is 15.1. The summed E-state index contributed by atoms with van der Waals surface area (Å²) in [6, 6.07) is 6.32. The van der Waals surface area contributed by atoms with Crippen molar-refractivity contribution in [3.8, 4) is 0 Å². The molecule has 13 nitrogen and oxygen atoms in total. The Hall–Kier alpha value is -3.78. The van der Waals surface area contributed by atoms with E-state index in [1.165, 1.54) is 0 Å². The number of hydrogen-bond donors (Lipinski definition) is 4. The van der Waals surface area contributed by atoms with Gasteiger partial charge in [0.25, 0.3) is 0 Å². The molecule has 0 aliphatic carbocycles. The smallest absolute Gasteiger partial charge is 0.306 e. The number of benzene rings is 1. The first kappa shape index (κ1) is 41.2. The van der Waals surface area contributed by atoms with Gasteiger partial charge >= 0.3 is 17.9 Å². The van der Waals surface area contributed by atoms with E-state index in [2.05, 4.69) is 10.6 Å². The quantitative estimate of drug-likeness (QED) is 0.136. The van der Waals surface area contributed by atoms with Crippen LogP contribution >= 0.6 is 11.6 Å². The highest BCUT2D eigenvalue weighted by atomic mass is 35.5. The van der Waals surface area contributed by atoms with Gasteiger partial charge in [0.2, 0.25) is 11.8 Å². The van der Waals surface area contributed by atoms with Gasteiger partial charge in [-0.05, 0) is 29.9 Å². The summed E-state index contributed by atoms with van der Waals surface area (Å²) >= 11 is 5.81. The first-order valence-electron chi connectivity index (χ1n) is 15.2. The topological polar surface area (TPSA) is 210 Å². The van der Waals surface area contributed by atoms with E-state index in [4.69, 9.17) is 16.3 Å². The number of esters is 1. The Bertz CT molecular complexity index is 1400. The summed E-state index contributed by atoms with van der Waals surface area (Å²) in [5.41, 5.74) is 0.759. The Morgan fingerprint density at radius 3 is 2.00 bits per heavy atom. The second-order valence-electron chi connectivity index (χ2n) is 11.8. The van der Waals surface area contributed by atoms with Crippen molar-refractivity contribution in [2.45, 2.75) is 84.9 Å². The van der Waals surface area contributed by atoms with Crippen LogP contribution in [0, 0.1) is 23.7 Å². The lowest BCUT2D eigenvalue weighted by Crippen LogP contribution is -2.48. The van der Waals surface area contributed by atoms with Gasteiger partial charge in [0, 0.05) is 25.0 Å². The van der Waals surface area contributed by atoms with Crippen LogP contribution in [0.4, 0.5) is 0 Å². The molecule has 1 rings (SSSR count). The van der Waals surface area contributed by atoms with E-state index in [9.17, 15) is 47.4 Å². The van der Waals surface area contributed by atoms with Gasteiger partial charge in [-0.15, -0.1) is 0 Å². The standard InChI is InChI=1S/C32H45ClN2O11S/c1-6-20(4)24(32(43)34-22(15-29(39)40)14-27(33)47(5,44)45)16-26(36)25(12-13-28(37)38)35-31(42)23(19(2)3)17-30(41)46-18-21-10-8-7-9-11-21/h7-11,14,19-20,22-25H,6,12-13,15-18H2,1-5H3,(H,34,43)(H,35,42)(H,37,38)(H,39,40)/b27-14+/t20?,22-,23+,24-,25+/m1/s1. The molecule has 0 spiro atoms. The average molecular weight is 701 g/mol. The van der Waals surface area contributed by atoms with Crippen molar-refractivity contribution < 1.29 is 52.1 Å². The fraction of sp³-hybridized carbons (Fsp3) is 0.562. The van der Waals surface area contributed by atoms with Gasteiger partial charge in [0.05, 0.1) is 30.8 Å². The minimum Gasteiger partial charge on any atom is -0.481 e. The van der Waals surface area contributed by atoms with Crippen molar-refractivity contribution in [1.82, 2.24) is 10.6 Å². The molecule has 0 radical (unpaired) electrons. The van der Waals surface area contributed by atoms with Gasteiger partial charge < -0.3 is 25.6 Å². The third-order valence-corrected chi connectivity index (χ3v) is 9.43. The lowest BCUT2D eigenvalue weighted by atomic mass is 9.84. The Kier molecular flexibility index (Phi) is 17.4. The molecule has 1 unspecified atom stereocenters. The highest BCUT2D eigenvalue weighted by molar-refractivity contribution is 7.96. The maximum atomic E-state index is 13.6. The Morgan fingerprint density at radius 1 is 0.894 bits per heavy atom. The zero-order valence-corrected chi connectivity index (χ0v) is 28.8. The molecule has 0 heterocycles. The number of ether oxygens (including phenoxy) is 1. The molecule has 0 bridgehead atoms. The van der Waals surface area contributed by atoms with Crippen molar-refractivity contribution in [2.75, 3.05) is 6.26 Å². The monoisotopic (exact) mass is 700 g/mol. The fourth-order valence-electron chi connectivity index (χ4n) is 4.58. The van der Waals surface area contributed by atoms with Crippen LogP contribution in [0.25, 0.3) is 0 Å². The average Bonchev–Trinajstić information content (AvgIpc) is 2.98. The molecule has 2 amide bonds. The van der Waals surface area contributed by atoms with Gasteiger partial charge in [-0.1, -0.05) is 76.0 Å². The zero-order valence-electron chi connectivity index (χ0n) is 27.2. The molecule has 0 aliphatic rings. The minimum absolute atomic E-state index is 0.00840. The number of hydrogen-bond acceptors (Lipinski definition) is 9. The van der Waals surface area contributed by atoms with Gasteiger partial charge in [-0.2, -0.15) is 0 Å². The molecule has 4 N–H and O–H groups in total. The van der Waals surface area contributed by atoms with Crippen molar-refractivity contribution in [3.63, 3.8) is 0 Å². The number of carboxylic acids is 2. The SMILES string of the molecule is CCC(C)[C@@H](CC(=O)[C@H](CCC(=O)O)NC(=O)[C@@H](CC(=O)OCc1ccccc1)C(C)C)C(=O)N[C@H](/C=C(\Cl)S(C)(=O)=O)CC(=O)O. The van der Waals surface area contributed by atoms with E-state index in [-0.39, 0.29) is 25.4 Å². The van der Waals surface area contributed by atoms with Crippen LogP contribution in [0.3, 0.4) is 0 Å². The number of carboxylic acid groups (broad SMARTS) is 2. The van der Waals surface area contributed by atoms with Crippen molar-refractivity contribution in [2.24, 2.45) is 23.7 Å². The third kappa shape index (κ3) is 15.6. The van der Waals surface area contributed by atoms with Gasteiger partial charge in [0.1, 0.15) is 11.0 Å². The van der Waals surface area contributed by atoms with Crippen LogP contribution in [-0.4, -0.2) is 72.5 Å². The highest BCUT2D eigenvalue weighted by Gasteiger charge is 2.34. The molecule has 47 heavy (non-hydrogen) atoms. The number of carbonyl (C=O) groups is 6.